The van der Waals surface area contributed by atoms with Crippen molar-refractivity contribution in [2.45, 2.75) is 12.1 Å². The Morgan fingerprint density at radius 1 is 0.760 bits per heavy atom. The fourth-order valence-corrected chi connectivity index (χ4v) is 2.54. The first-order valence-electron chi connectivity index (χ1n) is 8.00. The monoisotopic (exact) mass is 333 g/mol. The van der Waals surface area contributed by atoms with Gasteiger partial charge >= 0.3 is 5.97 Å². The summed E-state index contributed by atoms with van der Waals surface area (Å²) in [5, 5.41) is 10.0. The van der Waals surface area contributed by atoms with Gasteiger partial charge in [0.15, 0.2) is 6.10 Å². The van der Waals surface area contributed by atoms with Gasteiger partial charge in [-0.3, -0.25) is 0 Å². The third-order valence-corrected chi connectivity index (χ3v) is 3.95. The van der Waals surface area contributed by atoms with Crippen LogP contribution in [0.4, 0.5) is 0 Å². The van der Waals surface area contributed by atoms with Gasteiger partial charge in [-0.2, -0.15) is 0 Å². The van der Waals surface area contributed by atoms with Crippen molar-refractivity contribution >= 4 is 5.97 Å². The molecule has 0 spiro atoms. The lowest BCUT2D eigenvalue weighted by molar-refractivity contribution is -0.144. The van der Waals surface area contributed by atoms with E-state index in [0.717, 1.165) is 11.1 Å². The van der Waals surface area contributed by atoms with E-state index in [2.05, 4.69) is 0 Å². The molecule has 0 saturated heterocycles. The first kappa shape index (κ1) is 16.9. The minimum absolute atomic E-state index is 0.249. The van der Waals surface area contributed by atoms with Crippen LogP contribution >= 0.6 is 0 Å². The van der Waals surface area contributed by atoms with Crippen LogP contribution in [0.1, 0.15) is 28.8 Å². The molecular formula is C21H19NO3. The Morgan fingerprint density at radius 3 is 1.80 bits per heavy atom. The van der Waals surface area contributed by atoms with E-state index in [9.17, 15) is 9.90 Å². The summed E-state index contributed by atoms with van der Waals surface area (Å²) in [7, 11) is 0. The highest BCUT2D eigenvalue weighted by molar-refractivity contribution is 5.78. The van der Waals surface area contributed by atoms with Gasteiger partial charge in [-0.25, -0.2) is 4.79 Å². The molecule has 25 heavy (non-hydrogen) atoms. The number of ether oxygens (including phenoxy) is 1. The van der Waals surface area contributed by atoms with Crippen LogP contribution in [0, 0.1) is 0 Å². The van der Waals surface area contributed by atoms with Crippen molar-refractivity contribution in [3.63, 3.8) is 0 Å². The number of aliphatic hydroxyl groups is 1. The topological polar surface area (TPSA) is 72.5 Å². The quantitative estimate of drug-likeness (QED) is 0.555. The zero-order valence-corrected chi connectivity index (χ0v) is 13.6. The van der Waals surface area contributed by atoms with Crippen molar-refractivity contribution < 1.29 is 14.6 Å². The molecule has 0 aromatic heterocycles. The minimum Gasteiger partial charge on any atom is -0.424 e. The van der Waals surface area contributed by atoms with E-state index in [-0.39, 0.29) is 6.04 Å². The smallest absolute Gasteiger partial charge is 0.345 e. The number of benzene rings is 3. The van der Waals surface area contributed by atoms with E-state index in [0.29, 0.717) is 11.3 Å². The summed E-state index contributed by atoms with van der Waals surface area (Å²) in [5.74, 6) is -0.352. The second-order valence-electron chi connectivity index (χ2n) is 5.69. The number of hydrogen-bond acceptors (Lipinski definition) is 4. The van der Waals surface area contributed by atoms with Crippen molar-refractivity contribution in [2.24, 2.45) is 5.73 Å². The Labute approximate surface area is 146 Å². The molecule has 0 fully saturated rings. The summed E-state index contributed by atoms with van der Waals surface area (Å²) in [6, 6.07) is 25.2. The van der Waals surface area contributed by atoms with Gasteiger partial charge in [0.2, 0.25) is 0 Å². The maximum Gasteiger partial charge on any atom is 0.345 e. The zero-order chi connectivity index (χ0) is 17.6. The van der Waals surface area contributed by atoms with E-state index >= 15 is 0 Å². The molecule has 0 radical (unpaired) electrons. The predicted molar refractivity (Wildman–Crippen MR) is 96.0 cm³/mol. The van der Waals surface area contributed by atoms with Crippen molar-refractivity contribution in [1.29, 1.82) is 0 Å². The number of nitrogens with two attached hydrogens (primary N) is 1. The maximum absolute atomic E-state index is 12.1. The molecule has 0 saturated carbocycles. The lowest BCUT2D eigenvalue weighted by Crippen LogP contribution is -2.18. The van der Waals surface area contributed by atoms with Crippen LogP contribution < -0.4 is 10.5 Å². The van der Waals surface area contributed by atoms with Gasteiger partial charge in [0, 0.05) is 0 Å². The van der Waals surface area contributed by atoms with E-state index in [1.807, 2.05) is 48.5 Å². The molecule has 4 nitrogen and oxygen atoms in total. The number of hydrogen-bond donors (Lipinski definition) is 2. The Bertz CT molecular complexity index is 817. The Balaban J connectivity index is 1.67. The van der Waals surface area contributed by atoms with Gasteiger partial charge in [-0.15, -0.1) is 0 Å². The van der Waals surface area contributed by atoms with E-state index in [1.54, 1.807) is 36.4 Å². The Hall–Kier alpha value is -2.95. The Morgan fingerprint density at radius 2 is 1.24 bits per heavy atom. The molecule has 0 bridgehead atoms. The van der Waals surface area contributed by atoms with Crippen molar-refractivity contribution in [2.75, 3.05) is 0 Å². The van der Waals surface area contributed by atoms with Gasteiger partial charge in [0.25, 0.3) is 0 Å². The predicted octanol–water partition coefficient (Wildman–Crippen LogP) is 3.37. The van der Waals surface area contributed by atoms with E-state index < -0.39 is 12.1 Å². The normalized spacial score (nSPS) is 13.0. The number of esters is 1. The molecule has 4 heteroatoms. The molecular weight excluding hydrogens is 314 g/mol. The van der Waals surface area contributed by atoms with Crippen LogP contribution in [0.5, 0.6) is 5.75 Å². The molecule has 0 heterocycles. The minimum atomic E-state index is -1.31. The van der Waals surface area contributed by atoms with Gasteiger partial charge in [0.1, 0.15) is 5.75 Å². The summed E-state index contributed by atoms with van der Waals surface area (Å²) in [6.45, 7) is 0. The van der Waals surface area contributed by atoms with Crippen LogP contribution in [-0.4, -0.2) is 11.1 Å². The standard InChI is InChI=1S/C21H19NO3/c22-19(15-7-3-1-4-8-15)16-11-13-18(14-12-16)25-21(24)20(23)17-9-5-2-6-10-17/h1-14,19-20,23H,22H2/t19?,20-/m1/s1. The highest BCUT2D eigenvalue weighted by Crippen LogP contribution is 2.23. The molecule has 3 aromatic rings. The first-order chi connectivity index (χ1) is 12.1. The van der Waals surface area contributed by atoms with Crippen LogP contribution in [0.2, 0.25) is 0 Å². The molecule has 3 rings (SSSR count). The molecule has 3 aromatic carbocycles. The largest absolute Gasteiger partial charge is 0.424 e. The summed E-state index contributed by atoms with van der Waals surface area (Å²) in [4.78, 5) is 12.1. The van der Waals surface area contributed by atoms with Crippen molar-refractivity contribution in [3.05, 3.63) is 102 Å². The molecule has 126 valence electrons. The summed E-state index contributed by atoms with van der Waals surface area (Å²) < 4.78 is 5.24. The Kier molecular flexibility index (Phi) is 5.23. The summed E-state index contributed by atoms with van der Waals surface area (Å²) in [6.07, 6.45) is -1.31. The highest BCUT2D eigenvalue weighted by atomic mass is 16.5. The fraction of sp³-hybridized carbons (Fsp3) is 0.0952. The molecule has 3 N–H and O–H groups in total. The SMILES string of the molecule is NC(c1ccccc1)c1ccc(OC(=O)[C@H](O)c2ccccc2)cc1. The van der Waals surface area contributed by atoms with Crippen molar-refractivity contribution in [3.8, 4) is 5.75 Å². The van der Waals surface area contributed by atoms with Crippen LogP contribution in [-0.2, 0) is 4.79 Å². The van der Waals surface area contributed by atoms with Crippen LogP contribution in [0.15, 0.2) is 84.9 Å². The second-order valence-corrected chi connectivity index (χ2v) is 5.69. The van der Waals surface area contributed by atoms with E-state index in [1.165, 1.54) is 0 Å². The highest BCUT2D eigenvalue weighted by Gasteiger charge is 2.19. The molecule has 0 aliphatic carbocycles. The lowest BCUT2D eigenvalue weighted by Gasteiger charge is -2.14. The fourth-order valence-electron chi connectivity index (χ4n) is 2.54. The van der Waals surface area contributed by atoms with Gasteiger partial charge in [-0.1, -0.05) is 72.8 Å². The summed E-state index contributed by atoms with van der Waals surface area (Å²) in [5.41, 5.74) is 8.66. The molecule has 0 aliphatic rings. The number of carbonyl (C=O) groups is 1. The maximum atomic E-state index is 12.1. The molecule has 0 amide bonds. The third-order valence-electron chi connectivity index (χ3n) is 3.95. The number of rotatable bonds is 5. The average Bonchev–Trinajstić information content (AvgIpc) is 2.68. The number of aliphatic hydroxyl groups excluding tert-OH is 1. The lowest BCUT2D eigenvalue weighted by atomic mass is 10.00. The van der Waals surface area contributed by atoms with Crippen LogP contribution in [0.25, 0.3) is 0 Å². The van der Waals surface area contributed by atoms with Gasteiger partial charge in [-0.05, 0) is 28.8 Å². The second kappa shape index (κ2) is 7.75. The van der Waals surface area contributed by atoms with E-state index in [4.69, 9.17) is 10.5 Å². The molecule has 1 unspecified atom stereocenters. The molecule has 2 atom stereocenters. The molecule has 0 aliphatic heterocycles. The van der Waals surface area contributed by atoms with Gasteiger partial charge < -0.3 is 15.6 Å². The van der Waals surface area contributed by atoms with Gasteiger partial charge in [0.05, 0.1) is 6.04 Å². The number of carbonyl (C=O) groups excluding carboxylic acids is 1. The van der Waals surface area contributed by atoms with Crippen LogP contribution in [0.3, 0.4) is 0 Å². The van der Waals surface area contributed by atoms with Crippen molar-refractivity contribution in [1.82, 2.24) is 0 Å². The first-order valence-corrected chi connectivity index (χ1v) is 8.00. The summed E-state index contributed by atoms with van der Waals surface area (Å²) >= 11 is 0. The third kappa shape index (κ3) is 4.12. The zero-order valence-electron chi connectivity index (χ0n) is 13.6. The average molecular weight is 333 g/mol.